The van der Waals surface area contributed by atoms with Gasteiger partial charge in [0.2, 0.25) is 0 Å². The van der Waals surface area contributed by atoms with Crippen molar-refractivity contribution in [1.82, 2.24) is 13.5 Å². The van der Waals surface area contributed by atoms with Crippen LogP contribution in [0.5, 0.6) is 0 Å². The van der Waals surface area contributed by atoms with Crippen molar-refractivity contribution in [3.8, 4) is 0 Å². The Kier molecular flexibility index (Phi) is 7.03. The van der Waals surface area contributed by atoms with Crippen LogP contribution in [0.1, 0.15) is 51.4 Å². The van der Waals surface area contributed by atoms with Gasteiger partial charge in [-0.05, 0) is 39.2 Å². The quantitative estimate of drug-likeness (QED) is 0.773. The summed E-state index contributed by atoms with van der Waals surface area (Å²) < 4.78 is 29.0. The number of hydrogen-bond acceptors (Lipinski definition) is 4. The van der Waals surface area contributed by atoms with E-state index in [2.05, 4.69) is 0 Å². The number of rotatable bonds is 6. The van der Waals surface area contributed by atoms with E-state index in [1.165, 1.54) is 6.42 Å². The summed E-state index contributed by atoms with van der Waals surface area (Å²) in [5, 5.41) is 8.93. The molecule has 1 saturated carbocycles. The fraction of sp³-hybridized carbons (Fsp3) is 0.938. The summed E-state index contributed by atoms with van der Waals surface area (Å²) >= 11 is 0. The van der Waals surface area contributed by atoms with E-state index >= 15 is 0 Å². The molecule has 1 heterocycles. The van der Waals surface area contributed by atoms with Gasteiger partial charge in [-0.3, -0.25) is 9.69 Å². The lowest BCUT2D eigenvalue weighted by Gasteiger charge is -2.34. The highest BCUT2D eigenvalue weighted by Crippen LogP contribution is 2.26. The third-order valence-corrected chi connectivity index (χ3v) is 7.49. The first kappa shape index (κ1) is 19.6. The molecule has 24 heavy (non-hydrogen) atoms. The molecule has 0 aromatic heterocycles. The molecule has 8 heteroatoms. The zero-order valence-corrected chi connectivity index (χ0v) is 15.7. The Bertz CT molecular complexity index is 519. The predicted molar refractivity (Wildman–Crippen MR) is 93.0 cm³/mol. The van der Waals surface area contributed by atoms with Crippen molar-refractivity contribution in [2.45, 2.75) is 63.5 Å². The Morgan fingerprint density at radius 2 is 1.62 bits per heavy atom. The van der Waals surface area contributed by atoms with Crippen LogP contribution in [0, 0.1) is 0 Å². The standard InChI is InChI=1S/C16H31N3O4S/c1-17(13-16(20)21)14-9-6-11-19(12-10-14)24(22,23)18(2)15-7-4-3-5-8-15/h14-15H,3-13H2,1-2H3,(H,20,21). The summed E-state index contributed by atoms with van der Waals surface area (Å²) in [6, 6.07) is 0.249. The van der Waals surface area contributed by atoms with Gasteiger partial charge in [-0.2, -0.15) is 17.0 Å². The minimum Gasteiger partial charge on any atom is -0.480 e. The maximum Gasteiger partial charge on any atom is 0.317 e. The van der Waals surface area contributed by atoms with Crippen molar-refractivity contribution in [2.75, 3.05) is 33.7 Å². The number of nitrogens with zero attached hydrogens (tertiary/aromatic N) is 3. The summed E-state index contributed by atoms with van der Waals surface area (Å²) in [7, 11) is 0.0899. The van der Waals surface area contributed by atoms with E-state index in [-0.39, 0.29) is 18.6 Å². The SMILES string of the molecule is CN(CC(=O)O)C1CCCN(S(=O)(=O)N(C)C2CCCCC2)CC1. The molecule has 0 amide bonds. The average Bonchev–Trinajstić information content (AvgIpc) is 2.81. The third kappa shape index (κ3) is 4.91. The zero-order valence-electron chi connectivity index (χ0n) is 14.9. The van der Waals surface area contributed by atoms with Gasteiger partial charge in [0.1, 0.15) is 0 Å². The maximum absolute atomic E-state index is 12.9. The van der Waals surface area contributed by atoms with Crippen LogP contribution < -0.4 is 0 Å². The molecular weight excluding hydrogens is 330 g/mol. The number of carboxylic acid groups (broad SMARTS) is 1. The van der Waals surface area contributed by atoms with Crippen LogP contribution in [0.2, 0.25) is 0 Å². The second kappa shape index (κ2) is 8.60. The molecule has 1 aliphatic heterocycles. The van der Waals surface area contributed by atoms with Crippen LogP contribution >= 0.6 is 0 Å². The first-order valence-electron chi connectivity index (χ1n) is 8.97. The molecule has 0 aromatic rings. The molecule has 2 rings (SSSR count). The van der Waals surface area contributed by atoms with Gasteiger partial charge in [0.15, 0.2) is 0 Å². The van der Waals surface area contributed by atoms with Crippen LogP contribution in [0.25, 0.3) is 0 Å². The summed E-state index contributed by atoms with van der Waals surface area (Å²) in [5.41, 5.74) is 0. The van der Waals surface area contributed by atoms with Crippen molar-refractivity contribution >= 4 is 16.2 Å². The third-order valence-electron chi connectivity index (χ3n) is 5.44. The minimum atomic E-state index is -3.43. The second-order valence-electron chi connectivity index (χ2n) is 7.11. The van der Waals surface area contributed by atoms with Crippen LogP contribution in [0.4, 0.5) is 0 Å². The first-order valence-corrected chi connectivity index (χ1v) is 10.4. The Labute approximate surface area is 145 Å². The Morgan fingerprint density at radius 3 is 2.25 bits per heavy atom. The van der Waals surface area contributed by atoms with Gasteiger partial charge < -0.3 is 5.11 Å². The van der Waals surface area contributed by atoms with Crippen molar-refractivity contribution in [3.63, 3.8) is 0 Å². The van der Waals surface area contributed by atoms with Crippen LogP contribution in [-0.2, 0) is 15.0 Å². The summed E-state index contributed by atoms with van der Waals surface area (Å²) in [6.45, 7) is 0.990. The molecule has 0 radical (unpaired) electrons. The molecule has 1 atom stereocenters. The molecule has 140 valence electrons. The van der Waals surface area contributed by atoms with Crippen molar-refractivity contribution in [2.24, 2.45) is 0 Å². The molecule has 1 N–H and O–H groups in total. The van der Waals surface area contributed by atoms with Crippen molar-refractivity contribution < 1.29 is 18.3 Å². The van der Waals surface area contributed by atoms with Gasteiger partial charge in [-0.15, -0.1) is 0 Å². The van der Waals surface area contributed by atoms with Crippen molar-refractivity contribution in [3.05, 3.63) is 0 Å². The molecule has 0 bridgehead atoms. The second-order valence-corrected chi connectivity index (χ2v) is 9.10. The van der Waals surface area contributed by atoms with E-state index in [1.807, 2.05) is 4.90 Å². The first-order chi connectivity index (χ1) is 11.3. The van der Waals surface area contributed by atoms with E-state index in [0.29, 0.717) is 19.5 Å². The number of hydrogen-bond donors (Lipinski definition) is 1. The Morgan fingerprint density at radius 1 is 1.00 bits per heavy atom. The number of likely N-dealkylation sites (N-methyl/N-ethyl adjacent to an activating group) is 1. The van der Waals surface area contributed by atoms with E-state index in [9.17, 15) is 13.2 Å². The summed E-state index contributed by atoms with van der Waals surface area (Å²) in [4.78, 5) is 12.7. The van der Waals surface area contributed by atoms with Crippen LogP contribution in [0.3, 0.4) is 0 Å². The smallest absolute Gasteiger partial charge is 0.317 e. The van der Waals surface area contributed by atoms with E-state index in [1.54, 1.807) is 22.7 Å². The molecule has 2 fully saturated rings. The molecule has 1 unspecified atom stereocenters. The zero-order chi connectivity index (χ0) is 17.7. The Balaban J connectivity index is 1.97. The molecule has 1 aliphatic carbocycles. The fourth-order valence-corrected chi connectivity index (χ4v) is 5.53. The van der Waals surface area contributed by atoms with Gasteiger partial charge >= 0.3 is 5.97 Å². The van der Waals surface area contributed by atoms with Crippen LogP contribution in [-0.4, -0.2) is 78.8 Å². The highest BCUT2D eigenvalue weighted by molar-refractivity contribution is 7.86. The average molecular weight is 362 g/mol. The normalized spacial score (nSPS) is 25.1. The van der Waals surface area contributed by atoms with Crippen LogP contribution in [0.15, 0.2) is 0 Å². The molecule has 0 spiro atoms. The van der Waals surface area contributed by atoms with E-state index < -0.39 is 16.2 Å². The lowest BCUT2D eigenvalue weighted by Crippen LogP contribution is -2.47. The topological polar surface area (TPSA) is 81.2 Å². The summed E-state index contributed by atoms with van der Waals surface area (Å²) in [5.74, 6) is -0.844. The van der Waals surface area contributed by atoms with E-state index in [0.717, 1.165) is 38.5 Å². The van der Waals surface area contributed by atoms with E-state index in [4.69, 9.17) is 5.11 Å². The molecule has 2 aliphatic rings. The monoisotopic (exact) mass is 361 g/mol. The minimum absolute atomic E-state index is 0.000602. The maximum atomic E-state index is 12.9. The van der Waals surface area contributed by atoms with Gasteiger partial charge in [0.25, 0.3) is 10.2 Å². The van der Waals surface area contributed by atoms with Gasteiger partial charge in [-0.25, -0.2) is 0 Å². The number of carbonyl (C=O) groups is 1. The Hall–Kier alpha value is -0.700. The number of carboxylic acids is 1. The molecule has 7 nitrogen and oxygen atoms in total. The predicted octanol–water partition coefficient (Wildman–Crippen LogP) is 1.37. The van der Waals surface area contributed by atoms with Gasteiger partial charge in [0.05, 0.1) is 6.54 Å². The lowest BCUT2D eigenvalue weighted by atomic mass is 9.96. The highest BCUT2D eigenvalue weighted by Gasteiger charge is 2.34. The molecule has 1 saturated heterocycles. The molecule has 0 aromatic carbocycles. The largest absolute Gasteiger partial charge is 0.480 e. The lowest BCUT2D eigenvalue weighted by molar-refractivity contribution is -0.138. The van der Waals surface area contributed by atoms with Crippen molar-refractivity contribution in [1.29, 1.82) is 0 Å². The number of aliphatic carboxylic acids is 1. The van der Waals surface area contributed by atoms with Gasteiger partial charge in [0, 0.05) is 32.2 Å². The highest BCUT2D eigenvalue weighted by atomic mass is 32.2. The fourth-order valence-electron chi connectivity index (χ4n) is 3.88. The summed E-state index contributed by atoms with van der Waals surface area (Å²) in [6.07, 6.45) is 7.60. The molecular formula is C16H31N3O4S. The van der Waals surface area contributed by atoms with Gasteiger partial charge in [-0.1, -0.05) is 19.3 Å².